The summed E-state index contributed by atoms with van der Waals surface area (Å²) in [5.41, 5.74) is 0.684. The van der Waals surface area contributed by atoms with E-state index in [0.717, 1.165) is 12.8 Å². The molecule has 1 unspecified atom stereocenters. The summed E-state index contributed by atoms with van der Waals surface area (Å²) in [6.07, 6.45) is 4.37. The van der Waals surface area contributed by atoms with Gasteiger partial charge in [0.2, 0.25) is 0 Å². The Bertz CT molecular complexity index is 537. The molecule has 1 atom stereocenters. The van der Waals surface area contributed by atoms with Crippen LogP contribution >= 0.6 is 0 Å². The average Bonchev–Trinajstić information content (AvgIpc) is 3.15. The molecule has 0 heterocycles. The lowest BCUT2D eigenvalue weighted by molar-refractivity contribution is 0.0887. The zero-order valence-corrected chi connectivity index (χ0v) is 13.3. The molecule has 1 amide bonds. The van der Waals surface area contributed by atoms with Crippen molar-refractivity contribution in [2.24, 2.45) is 5.41 Å². The van der Waals surface area contributed by atoms with Gasteiger partial charge in [0.1, 0.15) is 0 Å². The zero-order chi connectivity index (χ0) is 15.7. The Labute approximate surface area is 126 Å². The molecular formula is C17H25NO3. The molecule has 4 nitrogen and oxygen atoms in total. The van der Waals surface area contributed by atoms with Gasteiger partial charge in [-0.1, -0.05) is 13.8 Å². The number of carbonyl (C=O) groups is 1. The number of rotatable bonds is 6. The van der Waals surface area contributed by atoms with Crippen LogP contribution in [0.25, 0.3) is 0 Å². The Morgan fingerprint density at radius 3 is 2.67 bits per heavy atom. The minimum Gasteiger partial charge on any atom is -0.504 e. The van der Waals surface area contributed by atoms with Gasteiger partial charge in [-0.2, -0.15) is 0 Å². The molecule has 0 spiro atoms. The molecule has 116 valence electrons. The van der Waals surface area contributed by atoms with Crippen molar-refractivity contribution in [3.63, 3.8) is 0 Å². The summed E-state index contributed by atoms with van der Waals surface area (Å²) in [5.74, 6) is 0.231. The van der Waals surface area contributed by atoms with Crippen molar-refractivity contribution in [2.45, 2.75) is 52.0 Å². The Kier molecular flexibility index (Phi) is 4.17. The van der Waals surface area contributed by atoms with Crippen LogP contribution in [0.5, 0.6) is 11.5 Å². The fraction of sp³-hybridized carbons (Fsp3) is 0.588. The first-order valence-corrected chi connectivity index (χ1v) is 7.50. The van der Waals surface area contributed by atoms with Crippen molar-refractivity contribution < 1.29 is 14.6 Å². The number of methoxy groups -OCH3 is 1. The third kappa shape index (κ3) is 3.69. The predicted molar refractivity (Wildman–Crippen MR) is 82.8 cm³/mol. The minimum absolute atomic E-state index is 0.0396. The van der Waals surface area contributed by atoms with E-state index in [1.165, 1.54) is 26.0 Å². The van der Waals surface area contributed by atoms with Crippen molar-refractivity contribution >= 4 is 5.91 Å². The number of hydrogen-bond donors (Lipinski definition) is 2. The van der Waals surface area contributed by atoms with Gasteiger partial charge in [-0.15, -0.1) is 0 Å². The third-order valence-corrected chi connectivity index (χ3v) is 4.56. The van der Waals surface area contributed by atoms with Crippen LogP contribution in [0.15, 0.2) is 18.2 Å². The number of aromatic hydroxyl groups is 1. The van der Waals surface area contributed by atoms with E-state index in [0.29, 0.717) is 16.7 Å². The van der Waals surface area contributed by atoms with Gasteiger partial charge in [-0.3, -0.25) is 4.79 Å². The number of benzene rings is 1. The molecule has 1 aliphatic carbocycles. The van der Waals surface area contributed by atoms with Crippen LogP contribution in [0, 0.1) is 5.41 Å². The van der Waals surface area contributed by atoms with E-state index in [1.807, 2.05) is 0 Å². The van der Waals surface area contributed by atoms with Crippen molar-refractivity contribution in [1.29, 1.82) is 0 Å². The topological polar surface area (TPSA) is 58.6 Å². The number of phenolic OH excluding ortho intramolecular Hbond substituents is 1. The maximum Gasteiger partial charge on any atom is 0.251 e. The van der Waals surface area contributed by atoms with E-state index < -0.39 is 0 Å². The lowest BCUT2D eigenvalue weighted by atomic mass is 9.85. The number of ether oxygens (including phenoxy) is 1. The van der Waals surface area contributed by atoms with Crippen molar-refractivity contribution in [3.05, 3.63) is 23.8 Å². The van der Waals surface area contributed by atoms with Crippen LogP contribution in [0.2, 0.25) is 0 Å². The maximum absolute atomic E-state index is 12.5. The van der Waals surface area contributed by atoms with Crippen LogP contribution in [-0.2, 0) is 0 Å². The van der Waals surface area contributed by atoms with E-state index in [1.54, 1.807) is 12.1 Å². The number of hydrogen-bond acceptors (Lipinski definition) is 3. The Hall–Kier alpha value is -1.71. The molecule has 0 bridgehead atoms. The fourth-order valence-electron chi connectivity index (χ4n) is 2.75. The van der Waals surface area contributed by atoms with Crippen molar-refractivity contribution in [1.82, 2.24) is 5.32 Å². The summed E-state index contributed by atoms with van der Waals surface area (Å²) in [5, 5.41) is 12.8. The summed E-state index contributed by atoms with van der Waals surface area (Å²) >= 11 is 0. The first-order chi connectivity index (χ1) is 9.81. The molecule has 1 saturated carbocycles. The van der Waals surface area contributed by atoms with Gasteiger partial charge >= 0.3 is 0 Å². The minimum atomic E-state index is -0.201. The monoisotopic (exact) mass is 291 g/mol. The van der Waals surface area contributed by atoms with Crippen molar-refractivity contribution in [3.8, 4) is 11.5 Å². The molecule has 4 heteroatoms. The van der Waals surface area contributed by atoms with Crippen LogP contribution < -0.4 is 10.1 Å². The number of nitrogens with one attached hydrogen (secondary N) is 1. The number of amides is 1. The van der Waals surface area contributed by atoms with Crippen molar-refractivity contribution in [2.75, 3.05) is 7.11 Å². The zero-order valence-electron chi connectivity index (χ0n) is 13.3. The van der Waals surface area contributed by atoms with Crippen LogP contribution in [0.4, 0.5) is 0 Å². The van der Waals surface area contributed by atoms with Crippen LogP contribution in [-0.4, -0.2) is 23.7 Å². The van der Waals surface area contributed by atoms with E-state index in [2.05, 4.69) is 26.1 Å². The van der Waals surface area contributed by atoms with E-state index in [4.69, 9.17) is 4.74 Å². The maximum atomic E-state index is 12.5. The van der Waals surface area contributed by atoms with Gasteiger partial charge < -0.3 is 15.2 Å². The summed E-state index contributed by atoms with van der Waals surface area (Å²) in [7, 11) is 1.47. The van der Waals surface area contributed by atoms with Crippen LogP contribution in [0.1, 0.15) is 56.8 Å². The Morgan fingerprint density at radius 2 is 2.14 bits per heavy atom. The number of carbonyl (C=O) groups excluding carboxylic acids is 1. The van der Waals surface area contributed by atoms with Gasteiger partial charge in [-0.05, 0) is 56.2 Å². The SMILES string of the molecule is CCC(C)(CC1(C)CC1)NC(=O)c1ccc(O)c(OC)c1. The number of phenols is 1. The largest absolute Gasteiger partial charge is 0.504 e. The molecule has 1 aromatic rings. The molecule has 2 rings (SSSR count). The standard InChI is InChI=1S/C17H25NO3/c1-5-17(3,11-16(2)8-9-16)18-15(20)12-6-7-13(19)14(10-12)21-4/h6-7,10,19H,5,8-9,11H2,1-4H3,(H,18,20). The molecule has 1 fully saturated rings. The van der Waals surface area contributed by atoms with Gasteiger partial charge in [0.05, 0.1) is 7.11 Å². The summed E-state index contributed by atoms with van der Waals surface area (Å²) in [6.45, 7) is 6.48. The molecule has 21 heavy (non-hydrogen) atoms. The predicted octanol–water partition coefficient (Wildman–Crippen LogP) is 3.49. The third-order valence-electron chi connectivity index (χ3n) is 4.56. The second-order valence-electron chi connectivity index (χ2n) is 6.74. The van der Waals surface area contributed by atoms with Crippen LogP contribution in [0.3, 0.4) is 0 Å². The first kappa shape index (κ1) is 15.7. The van der Waals surface area contributed by atoms with E-state index >= 15 is 0 Å². The van der Waals surface area contributed by atoms with Gasteiger partial charge in [-0.25, -0.2) is 0 Å². The highest BCUT2D eigenvalue weighted by Crippen LogP contribution is 2.51. The molecule has 2 N–H and O–H groups in total. The Morgan fingerprint density at radius 1 is 1.48 bits per heavy atom. The highest BCUT2D eigenvalue weighted by Gasteiger charge is 2.43. The lowest BCUT2D eigenvalue weighted by Gasteiger charge is -2.32. The molecule has 0 radical (unpaired) electrons. The molecule has 1 aromatic carbocycles. The van der Waals surface area contributed by atoms with Gasteiger partial charge in [0.15, 0.2) is 11.5 Å². The highest BCUT2D eigenvalue weighted by molar-refractivity contribution is 5.95. The van der Waals surface area contributed by atoms with E-state index in [-0.39, 0.29) is 17.2 Å². The summed E-state index contributed by atoms with van der Waals surface area (Å²) in [4.78, 5) is 12.5. The second-order valence-corrected chi connectivity index (χ2v) is 6.74. The quantitative estimate of drug-likeness (QED) is 0.843. The fourth-order valence-corrected chi connectivity index (χ4v) is 2.75. The Balaban J connectivity index is 2.12. The lowest BCUT2D eigenvalue weighted by Crippen LogP contribution is -2.46. The molecule has 0 aliphatic heterocycles. The van der Waals surface area contributed by atoms with Gasteiger partial charge in [0.25, 0.3) is 5.91 Å². The van der Waals surface area contributed by atoms with Gasteiger partial charge in [0, 0.05) is 11.1 Å². The molecular weight excluding hydrogens is 266 g/mol. The summed E-state index contributed by atoms with van der Waals surface area (Å²) < 4.78 is 5.05. The van der Waals surface area contributed by atoms with E-state index in [9.17, 15) is 9.90 Å². The summed E-state index contributed by atoms with van der Waals surface area (Å²) in [6, 6.07) is 4.67. The average molecular weight is 291 g/mol. The first-order valence-electron chi connectivity index (χ1n) is 7.50. The second kappa shape index (κ2) is 5.58. The molecule has 0 aromatic heterocycles. The smallest absolute Gasteiger partial charge is 0.251 e. The molecule has 0 saturated heterocycles. The molecule has 1 aliphatic rings. The normalized spacial score (nSPS) is 18.7. The highest BCUT2D eigenvalue weighted by atomic mass is 16.5.